The number of carbonyl (C=O) groups is 1. The van der Waals surface area contributed by atoms with Gasteiger partial charge in [0, 0.05) is 23.4 Å². The van der Waals surface area contributed by atoms with Crippen molar-refractivity contribution in [2.24, 2.45) is 5.92 Å². The third-order valence-corrected chi connectivity index (χ3v) is 4.38. The maximum absolute atomic E-state index is 12.5. The summed E-state index contributed by atoms with van der Waals surface area (Å²) in [7, 11) is 0. The monoisotopic (exact) mass is 379 g/mol. The summed E-state index contributed by atoms with van der Waals surface area (Å²) in [4.78, 5) is 19.0. The number of hydrogen-bond donors (Lipinski definition) is 0. The van der Waals surface area contributed by atoms with Crippen LogP contribution in [0.4, 0.5) is 4.79 Å². The number of fused-ring (bicyclic) bond motifs is 1. The second kappa shape index (κ2) is 5.82. The van der Waals surface area contributed by atoms with Crippen LogP contribution in [-0.4, -0.2) is 32.5 Å². The minimum absolute atomic E-state index is 0.0291. The molecule has 0 aromatic carbocycles. The molecule has 0 spiro atoms. The number of rotatable bonds is 1. The average Bonchev–Trinajstić information content (AvgIpc) is 2.99. The van der Waals surface area contributed by atoms with Gasteiger partial charge < -0.3 is 9.14 Å². The summed E-state index contributed by atoms with van der Waals surface area (Å²) in [5.74, 6) is 0.434. The Hall–Kier alpha value is -1.56. The molecule has 0 aliphatic carbocycles. The van der Waals surface area contributed by atoms with Crippen molar-refractivity contribution < 1.29 is 9.53 Å². The summed E-state index contributed by atoms with van der Waals surface area (Å²) in [6, 6.07) is 3.90. The topological polar surface area (TPSA) is 46.8 Å². The van der Waals surface area contributed by atoms with Crippen molar-refractivity contribution >= 4 is 27.7 Å². The minimum atomic E-state index is -0.489. The lowest BCUT2D eigenvalue weighted by atomic mass is 10.1. The van der Waals surface area contributed by atoms with Crippen LogP contribution in [0.25, 0.3) is 5.65 Å². The molecule has 1 aliphatic rings. The van der Waals surface area contributed by atoms with Crippen LogP contribution in [-0.2, 0) is 4.74 Å². The van der Waals surface area contributed by atoms with E-state index in [1.54, 1.807) is 0 Å². The number of amides is 1. The van der Waals surface area contributed by atoms with Crippen LogP contribution in [0.15, 0.2) is 29.0 Å². The highest BCUT2D eigenvalue weighted by atomic mass is 79.9. The number of aromatic nitrogens is 2. The first-order valence-corrected chi connectivity index (χ1v) is 8.66. The lowest BCUT2D eigenvalue weighted by Gasteiger charge is -2.27. The van der Waals surface area contributed by atoms with Crippen molar-refractivity contribution in [2.45, 2.75) is 45.8 Å². The number of halogens is 1. The zero-order valence-electron chi connectivity index (χ0n) is 13.9. The second-order valence-electron chi connectivity index (χ2n) is 7.27. The number of carbonyl (C=O) groups excluding carboxylic acids is 1. The highest BCUT2D eigenvalue weighted by Gasteiger charge is 2.37. The van der Waals surface area contributed by atoms with E-state index in [1.807, 2.05) is 54.6 Å². The van der Waals surface area contributed by atoms with E-state index in [1.165, 1.54) is 0 Å². The molecule has 0 bridgehead atoms. The number of pyridine rings is 1. The van der Waals surface area contributed by atoms with Crippen molar-refractivity contribution in [1.29, 1.82) is 0 Å². The predicted octanol–water partition coefficient (Wildman–Crippen LogP) is 4.41. The fraction of sp³-hybridized carbons (Fsp3) is 0.529. The van der Waals surface area contributed by atoms with Gasteiger partial charge in [0.05, 0.1) is 11.7 Å². The van der Waals surface area contributed by atoms with Crippen LogP contribution >= 0.6 is 15.9 Å². The van der Waals surface area contributed by atoms with Crippen molar-refractivity contribution in [3.63, 3.8) is 0 Å². The molecule has 3 rings (SSSR count). The Balaban J connectivity index is 1.90. The van der Waals surface area contributed by atoms with Crippen molar-refractivity contribution in [1.82, 2.24) is 14.3 Å². The van der Waals surface area contributed by atoms with Gasteiger partial charge in [0.1, 0.15) is 11.2 Å². The van der Waals surface area contributed by atoms with Gasteiger partial charge in [0.2, 0.25) is 0 Å². The van der Waals surface area contributed by atoms with Gasteiger partial charge in [-0.05, 0) is 61.2 Å². The first-order chi connectivity index (χ1) is 10.7. The molecule has 1 amide bonds. The summed E-state index contributed by atoms with van der Waals surface area (Å²) in [6.07, 6.45) is 4.62. The van der Waals surface area contributed by atoms with Crippen LogP contribution in [0, 0.1) is 5.92 Å². The van der Waals surface area contributed by atoms with E-state index in [0.29, 0.717) is 12.5 Å². The fourth-order valence-corrected chi connectivity index (χ4v) is 3.35. The highest BCUT2D eigenvalue weighted by molar-refractivity contribution is 9.10. The van der Waals surface area contributed by atoms with Gasteiger partial charge in [-0.2, -0.15) is 0 Å². The van der Waals surface area contributed by atoms with Crippen LogP contribution in [0.3, 0.4) is 0 Å². The highest BCUT2D eigenvalue weighted by Crippen LogP contribution is 2.36. The lowest BCUT2D eigenvalue weighted by Crippen LogP contribution is -2.36. The Labute approximate surface area is 144 Å². The summed E-state index contributed by atoms with van der Waals surface area (Å²) in [5.41, 5.74) is 1.31. The molecule has 0 radical (unpaired) electrons. The molecule has 2 aromatic heterocycles. The van der Waals surface area contributed by atoms with Gasteiger partial charge in [0.25, 0.3) is 0 Å². The molecule has 2 aromatic rings. The molecular weight excluding hydrogens is 358 g/mol. The van der Waals surface area contributed by atoms with Gasteiger partial charge in [-0.25, -0.2) is 9.78 Å². The van der Waals surface area contributed by atoms with Gasteiger partial charge in [-0.15, -0.1) is 0 Å². The number of ether oxygens (including phenoxy) is 1. The second-order valence-corrected chi connectivity index (χ2v) is 8.18. The zero-order chi connectivity index (χ0) is 16.8. The SMILES string of the molecule is CC1CC(c2cn3cc(Br)ccc3n2)N(C(=O)OC(C)(C)C)C1. The Bertz CT molecular complexity index is 735. The van der Waals surface area contributed by atoms with Crippen LogP contribution in [0.2, 0.25) is 0 Å². The molecule has 1 fully saturated rings. The molecular formula is C17H22BrN3O2. The smallest absolute Gasteiger partial charge is 0.410 e. The van der Waals surface area contributed by atoms with Crippen LogP contribution < -0.4 is 0 Å². The molecule has 0 saturated carbocycles. The molecule has 5 nitrogen and oxygen atoms in total. The molecule has 124 valence electrons. The van der Waals surface area contributed by atoms with E-state index < -0.39 is 5.60 Å². The molecule has 3 heterocycles. The Morgan fingerprint density at radius 3 is 2.78 bits per heavy atom. The van der Waals surface area contributed by atoms with Crippen LogP contribution in [0.1, 0.15) is 45.9 Å². The molecule has 2 atom stereocenters. The number of imidazole rings is 1. The summed E-state index contributed by atoms with van der Waals surface area (Å²) >= 11 is 3.47. The van der Waals surface area contributed by atoms with E-state index >= 15 is 0 Å². The Kier molecular flexibility index (Phi) is 4.12. The molecule has 0 N–H and O–H groups in total. The fourth-order valence-electron chi connectivity index (χ4n) is 2.99. The maximum Gasteiger partial charge on any atom is 0.410 e. The first-order valence-electron chi connectivity index (χ1n) is 7.87. The third-order valence-electron chi connectivity index (χ3n) is 3.91. The van der Waals surface area contributed by atoms with E-state index in [-0.39, 0.29) is 12.1 Å². The van der Waals surface area contributed by atoms with Gasteiger partial charge >= 0.3 is 6.09 Å². The molecule has 1 aliphatic heterocycles. The van der Waals surface area contributed by atoms with E-state index in [0.717, 1.165) is 22.2 Å². The van der Waals surface area contributed by atoms with Crippen LogP contribution in [0.5, 0.6) is 0 Å². The summed E-state index contributed by atoms with van der Waals surface area (Å²) < 4.78 is 8.54. The summed E-state index contributed by atoms with van der Waals surface area (Å²) in [6.45, 7) is 8.53. The molecule has 6 heteroatoms. The van der Waals surface area contributed by atoms with Crippen molar-refractivity contribution in [3.8, 4) is 0 Å². The van der Waals surface area contributed by atoms with Gasteiger partial charge in [-0.1, -0.05) is 6.92 Å². The minimum Gasteiger partial charge on any atom is -0.444 e. The normalized spacial score (nSPS) is 21.9. The van der Waals surface area contributed by atoms with Crippen molar-refractivity contribution in [2.75, 3.05) is 6.54 Å². The van der Waals surface area contributed by atoms with E-state index in [9.17, 15) is 4.79 Å². The Morgan fingerprint density at radius 1 is 1.35 bits per heavy atom. The maximum atomic E-state index is 12.5. The van der Waals surface area contributed by atoms with E-state index in [4.69, 9.17) is 9.72 Å². The average molecular weight is 380 g/mol. The first kappa shape index (κ1) is 16.3. The van der Waals surface area contributed by atoms with E-state index in [2.05, 4.69) is 22.9 Å². The molecule has 23 heavy (non-hydrogen) atoms. The standard InChI is InChI=1S/C17H22BrN3O2/c1-11-7-14(21(8-11)16(22)23-17(2,3)4)13-10-20-9-12(18)5-6-15(20)19-13/h5-6,9-11,14H,7-8H2,1-4H3. The quantitative estimate of drug-likeness (QED) is 0.736. The number of nitrogens with zero attached hydrogens (tertiary/aromatic N) is 3. The number of likely N-dealkylation sites (tertiary alicyclic amines) is 1. The largest absolute Gasteiger partial charge is 0.444 e. The third kappa shape index (κ3) is 3.52. The Morgan fingerprint density at radius 2 is 2.09 bits per heavy atom. The molecule has 1 saturated heterocycles. The predicted molar refractivity (Wildman–Crippen MR) is 92.4 cm³/mol. The van der Waals surface area contributed by atoms with Gasteiger partial charge in [-0.3, -0.25) is 4.90 Å². The zero-order valence-corrected chi connectivity index (χ0v) is 15.5. The molecule has 2 unspecified atom stereocenters. The summed E-state index contributed by atoms with van der Waals surface area (Å²) in [5, 5.41) is 0. The number of hydrogen-bond acceptors (Lipinski definition) is 3. The van der Waals surface area contributed by atoms with Gasteiger partial charge in [0.15, 0.2) is 0 Å². The van der Waals surface area contributed by atoms with Crippen molar-refractivity contribution in [3.05, 3.63) is 34.7 Å². The lowest BCUT2D eigenvalue weighted by molar-refractivity contribution is 0.0217.